The highest BCUT2D eigenvalue weighted by molar-refractivity contribution is 7.71. The van der Waals surface area contributed by atoms with Crippen LogP contribution in [0.4, 0.5) is 0 Å². The number of rotatable bonds is 2. The Kier molecular flexibility index (Phi) is 4.75. The number of ether oxygens (including phenoxy) is 1. The van der Waals surface area contributed by atoms with Crippen LogP contribution in [0.5, 0.6) is 0 Å². The molecule has 1 aromatic rings. The van der Waals surface area contributed by atoms with Crippen LogP contribution >= 0.6 is 12.2 Å². The normalized spacial score (nSPS) is 22.1. The summed E-state index contributed by atoms with van der Waals surface area (Å²) in [7, 11) is 1.83. The molecule has 0 atom stereocenters. The summed E-state index contributed by atoms with van der Waals surface area (Å²) in [6.45, 7) is 0. The largest absolute Gasteiger partial charge is 0.370 e. The van der Waals surface area contributed by atoms with Gasteiger partial charge < -0.3 is 9.72 Å². The van der Waals surface area contributed by atoms with Gasteiger partial charge in [-0.3, -0.25) is 0 Å². The van der Waals surface area contributed by atoms with Crippen LogP contribution in [0.2, 0.25) is 0 Å². The summed E-state index contributed by atoms with van der Waals surface area (Å²) < 4.78 is 6.79. The topological polar surface area (TPSA) is 37.9 Å². The zero-order chi connectivity index (χ0) is 14.7. The molecule has 4 heteroatoms. The number of hydrogen-bond donors (Lipinski definition) is 1. The third-order valence-electron chi connectivity index (χ3n) is 5.19. The van der Waals surface area contributed by atoms with Crippen molar-refractivity contribution in [3.63, 3.8) is 0 Å². The Balaban J connectivity index is 2.02. The lowest BCUT2D eigenvalue weighted by Gasteiger charge is -2.31. The molecule has 116 valence electrons. The van der Waals surface area contributed by atoms with Crippen LogP contribution < -0.4 is 0 Å². The molecular weight excluding hydrogens is 280 g/mol. The van der Waals surface area contributed by atoms with Crippen LogP contribution in [0.1, 0.15) is 74.9 Å². The van der Waals surface area contributed by atoms with E-state index in [1.807, 2.05) is 7.11 Å². The summed E-state index contributed by atoms with van der Waals surface area (Å²) in [6, 6.07) is 0. The number of methoxy groups -OCH3 is 1. The lowest BCUT2D eigenvalue weighted by Crippen LogP contribution is -2.31. The Morgan fingerprint density at radius 2 is 1.67 bits per heavy atom. The van der Waals surface area contributed by atoms with Crippen molar-refractivity contribution >= 4 is 12.2 Å². The Hall–Kier alpha value is -0.740. The summed E-state index contributed by atoms with van der Waals surface area (Å²) in [6.07, 6.45) is 13.1. The number of aryl methyl sites for hydroxylation is 1. The molecule has 0 spiro atoms. The second-order valence-corrected chi connectivity index (χ2v) is 6.91. The van der Waals surface area contributed by atoms with Crippen molar-refractivity contribution in [3.8, 4) is 0 Å². The number of aromatic nitrogens is 2. The second kappa shape index (κ2) is 6.57. The van der Waals surface area contributed by atoms with E-state index in [0.717, 1.165) is 36.1 Å². The van der Waals surface area contributed by atoms with Gasteiger partial charge in [0.05, 0.1) is 0 Å². The van der Waals surface area contributed by atoms with E-state index >= 15 is 0 Å². The first-order valence-corrected chi connectivity index (χ1v) is 8.84. The maximum Gasteiger partial charge on any atom is 0.140 e. The van der Waals surface area contributed by atoms with Crippen molar-refractivity contribution in [2.24, 2.45) is 0 Å². The van der Waals surface area contributed by atoms with Gasteiger partial charge in [0.1, 0.15) is 16.1 Å². The van der Waals surface area contributed by atoms with E-state index in [9.17, 15) is 0 Å². The average Bonchev–Trinajstić information content (AvgIpc) is 2.88. The molecule has 21 heavy (non-hydrogen) atoms. The molecule has 1 N–H and O–H groups in total. The van der Waals surface area contributed by atoms with Crippen LogP contribution in [-0.4, -0.2) is 17.1 Å². The molecule has 0 radical (unpaired) electrons. The van der Waals surface area contributed by atoms with Crippen molar-refractivity contribution in [2.45, 2.75) is 76.2 Å². The predicted octanol–water partition coefficient (Wildman–Crippen LogP) is 4.60. The molecule has 2 aliphatic rings. The summed E-state index contributed by atoms with van der Waals surface area (Å²) in [5, 5.41) is 0. The molecule has 1 saturated carbocycles. The number of nitrogens with one attached hydrogen (secondary N) is 1. The zero-order valence-electron chi connectivity index (χ0n) is 13.0. The average molecular weight is 306 g/mol. The van der Waals surface area contributed by atoms with E-state index in [1.165, 1.54) is 56.2 Å². The summed E-state index contributed by atoms with van der Waals surface area (Å²) in [5.74, 6) is 0.984. The van der Waals surface area contributed by atoms with Crippen LogP contribution in [0.25, 0.3) is 0 Å². The Morgan fingerprint density at radius 3 is 2.38 bits per heavy atom. The standard InChI is InChI=1S/C17H26N2OS/c1-20-17(11-7-2-3-8-12-17)16-18-14-10-6-4-5-9-13(14)15(21)19-16/h2-12H2,1H3,(H,18,19,21). The fraction of sp³-hybridized carbons (Fsp3) is 0.765. The van der Waals surface area contributed by atoms with Gasteiger partial charge in [-0.15, -0.1) is 0 Å². The molecule has 2 aliphatic carbocycles. The lowest BCUT2D eigenvalue weighted by atomic mass is 9.92. The van der Waals surface area contributed by atoms with Gasteiger partial charge in [-0.2, -0.15) is 0 Å². The van der Waals surface area contributed by atoms with Gasteiger partial charge in [0.15, 0.2) is 0 Å². The minimum atomic E-state index is -0.245. The maximum atomic E-state index is 5.98. The van der Waals surface area contributed by atoms with Crippen LogP contribution in [0.15, 0.2) is 0 Å². The number of nitrogens with zero attached hydrogens (tertiary/aromatic N) is 1. The number of H-pyrrole nitrogens is 1. The highest BCUT2D eigenvalue weighted by Gasteiger charge is 2.35. The van der Waals surface area contributed by atoms with Gasteiger partial charge in [0, 0.05) is 18.4 Å². The highest BCUT2D eigenvalue weighted by atomic mass is 32.1. The van der Waals surface area contributed by atoms with E-state index in [-0.39, 0.29) is 5.60 Å². The van der Waals surface area contributed by atoms with Crippen molar-refractivity contribution in [2.75, 3.05) is 7.11 Å². The Bertz CT molecular complexity index is 544. The quantitative estimate of drug-likeness (QED) is 0.493. The fourth-order valence-electron chi connectivity index (χ4n) is 3.85. The van der Waals surface area contributed by atoms with E-state index < -0.39 is 0 Å². The van der Waals surface area contributed by atoms with Gasteiger partial charge in [-0.05, 0) is 38.5 Å². The van der Waals surface area contributed by atoms with Gasteiger partial charge >= 0.3 is 0 Å². The minimum Gasteiger partial charge on any atom is -0.370 e. The molecule has 0 amide bonds. The van der Waals surface area contributed by atoms with Gasteiger partial charge in [0.25, 0.3) is 0 Å². The van der Waals surface area contributed by atoms with Gasteiger partial charge in [-0.25, -0.2) is 4.98 Å². The molecule has 0 aliphatic heterocycles. The van der Waals surface area contributed by atoms with Gasteiger partial charge in [0.2, 0.25) is 0 Å². The van der Waals surface area contributed by atoms with Crippen LogP contribution in [0.3, 0.4) is 0 Å². The number of hydrogen-bond acceptors (Lipinski definition) is 3. The molecule has 1 fully saturated rings. The van der Waals surface area contributed by atoms with Crippen LogP contribution in [-0.2, 0) is 23.2 Å². The third kappa shape index (κ3) is 3.07. The zero-order valence-corrected chi connectivity index (χ0v) is 13.9. The number of aromatic amines is 1. The first-order chi connectivity index (χ1) is 10.2. The Labute approximate surface area is 132 Å². The van der Waals surface area contributed by atoms with E-state index in [2.05, 4.69) is 4.98 Å². The molecule has 0 saturated heterocycles. The molecule has 3 rings (SSSR count). The molecule has 0 unspecified atom stereocenters. The van der Waals surface area contributed by atoms with Crippen LogP contribution in [0, 0.1) is 4.64 Å². The van der Waals surface area contributed by atoms with Crippen molar-refractivity contribution in [3.05, 3.63) is 21.7 Å². The van der Waals surface area contributed by atoms with E-state index in [1.54, 1.807) is 0 Å². The molecule has 0 bridgehead atoms. The first-order valence-electron chi connectivity index (χ1n) is 8.43. The van der Waals surface area contributed by atoms with Crippen molar-refractivity contribution in [1.29, 1.82) is 0 Å². The maximum absolute atomic E-state index is 5.98. The molecular formula is C17H26N2OS. The van der Waals surface area contributed by atoms with E-state index in [4.69, 9.17) is 21.9 Å². The molecule has 0 aromatic carbocycles. The highest BCUT2D eigenvalue weighted by Crippen LogP contribution is 2.37. The summed E-state index contributed by atoms with van der Waals surface area (Å²) in [5.41, 5.74) is 2.36. The van der Waals surface area contributed by atoms with Gasteiger partial charge in [-0.1, -0.05) is 44.3 Å². The Morgan fingerprint density at radius 1 is 1.00 bits per heavy atom. The third-order valence-corrected chi connectivity index (χ3v) is 5.53. The van der Waals surface area contributed by atoms with E-state index in [0.29, 0.717) is 0 Å². The fourth-order valence-corrected chi connectivity index (χ4v) is 4.17. The molecule has 1 heterocycles. The lowest BCUT2D eigenvalue weighted by molar-refractivity contribution is -0.0354. The number of fused-ring (bicyclic) bond motifs is 1. The smallest absolute Gasteiger partial charge is 0.140 e. The monoisotopic (exact) mass is 306 g/mol. The summed E-state index contributed by atoms with van der Waals surface area (Å²) in [4.78, 5) is 8.40. The predicted molar refractivity (Wildman–Crippen MR) is 87.1 cm³/mol. The second-order valence-electron chi connectivity index (χ2n) is 6.52. The first kappa shape index (κ1) is 15.2. The minimum absolute atomic E-state index is 0.245. The van der Waals surface area contributed by atoms with Crippen molar-refractivity contribution in [1.82, 2.24) is 9.97 Å². The SMILES string of the molecule is COC1(c2nc(=S)c3c([nH]2)CCCCC3)CCCCCC1. The molecule has 3 nitrogen and oxygen atoms in total. The molecule has 1 aromatic heterocycles. The van der Waals surface area contributed by atoms with Crippen molar-refractivity contribution < 1.29 is 4.74 Å². The summed E-state index contributed by atoms with van der Waals surface area (Å²) >= 11 is 5.60.